The van der Waals surface area contributed by atoms with Crippen LogP contribution in [0.1, 0.15) is 44.2 Å². The second-order valence-corrected chi connectivity index (χ2v) is 6.54. The van der Waals surface area contributed by atoms with E-state index in [1.807, 2.05) is 25.4 Å². The molecule has 1 aliphatic carbocycles. The summed E-state index contributed by atoms with van der Waals surface area (Å²) in [6.07, 6.45) is 2.25. The predicted molar refractivity (Wildman–Crippen MR) is 89.7 cm³/mol. The normalized spacial score (nSPS) is 29.1. The van der Waals surface area contributed by atoms with E-state index in [-0.39, 0.29) is 29.9 Å². The van der Waals surface area contributed by atoms with E-state index in [0.29, 0.717) is 11.8 Å². The summed E-state index contributed by atoms with van der Waals surface area (Å²) in [7, 11) is 0. The number of phenols is 1. The lowest BCUT2D eigenvalue weighted by molar-refractivity contribution is -0.129. The first-order chi connectivity index (χ1) is 11.7. The Balaban J connectivity index is 0.000000815. The summed E-state index contributed by atoms with van der Waals surface area (Å²) in [4.78, 5) is 12.6. The van der Waals surface area contributed by atoms with Gasteiger partial charge < -0.3 is 20.4 Å². The molecule has 3 atom stereocenters. The molecule has 2 bridgehead atoms. The largest absolute Gasteiger partial charge is 0.504 e. The van der Waals surface area contributed by atoms with Crippen LogP contribution in [0.25, 0.3) is 0 Å². The van der Waals surface area contributed by atoms with Crippen LogP contribution in [0, 0.1) is 0 Å². The van der Waals surface area contributed by atoms with Crippen LogP contribution >= 0.6 is 0 Å². The Morgan fingerprint density at radius 1 is 1.46 bits per heavy atom. The van der Waals surface area contributed by atoms with Crippen molar-refractivity contribution in [2.24, 2.45) is 0 Å². The Bertz CT molecular complexity index is 634. The third-order valence-electron chi connectivity index (χ3n) is 5.32. The van der Waals surface area contributed by atoms with Gasteiger partial charge in [-0.15, -0.1) is 0 Å². The molecule has 4 rings (SSSR count). The average Bonchev–Trinajstić information content (AvgIpc) is 2.93. The van der Waals surface area contributed by atoms with Gasteiger partial charge in [-0.25, -0.2) is 5.48 Å². The molecule has 1 fully saturated rings. The number of carbonyl (C=O) groups is 1. The van der Waals surface area contributed by atoms with Crippen LogP contribution in [0.3, 0.4) is 0 Å². The van der Waals surface area contributed by atoms with Crippen molar-refractivity contribution < 1.29 is 19.8 Å². The number of ether oxygens (including phenoxy) is 1. The molecular weight excluding hydrogens is 308 g/mol. The first-order valence-electron chi connectivity index (χ1n) is 8.81. The summed E-state index contributed by atoms with van der Waals surface area (Å²) < 4.78 is 5.96. The molecule has 1 spiro atoms. The van der Waals surface area contributed by atoms with Gasteiger partial charge in [0.1, 0.15) is 0 Å². The number of rotatable bonds is 4. The van der Waals surface area contributed by atoms with Crippen molar-refractivity contribution in [3.05, 3.63) is 23.3 Å². The number of Topliss-reactive ketones (excluding diaryl/α,β-unsaturated/α-hetero) is 1. The Kier molecular flexibility index (Phi) is 4.80. The minimum atomic E-state index is -0.562. The van der Waals surface area contributed by atoms with Gasteiger partial charge in [0.25, 0.3) is 0 Å². The van der Waals surface area contributed by atoms with E-state index in [2.05, 4.69) is 5.32 Å². The van der Waals surface area contributed by atoms with E-state index in [1.165, 1.54) is 5.56 Å². The number of aromatic hydroxyl groups is 1. The van der Waals surface area contributed by atoms with Crippen molar-refractivity contribution in [1.82, 2.24) is 10.8 Å². The number of hydrogen-bond donors (Lipinski definition) is 4. The Labute approximate surface area is 142 Å². The van der Waals surface area contributed by atoms with Gasteiger partial charge in [-0.2, -0.15) is 0 Å². The van der Waals surface area contributed by atoms with Crippen LogP contribution in [0.4, 0.5) is 0 Å². The molecular formula is C18H26N2O4. The van der Waals surface area contributed by atoms with E-state index in [1.54, 1.807) is 6.07 Å². The lowest BCUT2D eigenvalue weighted by Crippen LogP contribution is -2.56. The quantitative estimate of drug-likeness (QED) is 0.626. The monoisotopic (exact) mass is 334 g/mol. The summed E-state index contributed by atoms with van der Waals surface area (Å²) in [5.41, 5.74) is 3.91. The van der Waals surface area contributed by atoms with Crippen LogP contribution < -0.4 is 15.5 Å². The first-order valence-corrected chi connectivity index (χ1v) is 8.81. The number of piperidine rings is 1. The molecule has 0 radical (unpaired) electrons. The fraction of sp³-hybridized carbons (Fsp3) is 0.611. The van der Waals surface area contributed by atoms with Crippen LogP contribution in [0.2, 0.25) is 0 Å². The second kappa shape index (κ2) is 6.70. The standard InChI is InChI=1S/C16H20N2O4.C2H6/c19-11-2-1-9-7-10-8-16(4-6-17-10)13(9)14(11)22-15(16)12(20)3-5-18-21;1-2/h1-2,10,15,17-19,21H,3-8H2;1-2H3/t10?,15-,16?;/m1./s1. The van der Waals surface area contributed by atoms with Gasteiger partial charge in [-0.1, -0.05) is 19.9 Å². The summed E-state index contributed by atoms with van der Waals surface area (Å²) >= 11 is 0. The number of hydrogen-bond acceptors (Lipinski definition) is 6. The minimum Gasteiger partial charge on any atom is -0.504 e. The number of ketones is 1. The van der Waals surface area contributed by atoms with Crippen molar-refractivity contribution in [2.75, 3.05) is 13.1 Å². The third-order valence-corrected chi connectivity index (χ3v) is 5.32. The van der Waals surface area contributed by atoms with Gasteiger partial charge in [0, 0.05) is 30.0 Å². The Morgan fingerprint density at radius 2 is 2.25 bits per heavy atom. The van der Waals surface area contributed by atoms with Crippen LogP contribution in [0.15, 0.2) is 12.1 Å². The predicted octanol–water partition coefficient (Wildman–Crippen LogP) is 1.66. The molecule has 2 unspecified atom stereocenters. The van der Waals surface area contributed by atoms with Crippen LogP contribution in [-0.2, 0) is 16.6 Å². The van der Waals surface area contributed by atoms with Gasteiger partial charge in [0.05, 0.1) is 0 Å². The molecule has 1 saturated heterocycles. The van der Waals surface area contributed by atoms with Gasteiger partial charge in [0.2, 0.25) is 0 Å². The molecule has 3 aliphatic rings. The van der Waals surface area contributed by atoms with Gasteiger partial charge in [0.15, 0.2) is 23.4 Å². The SMILES string of the molecule is CC.O=C(CCNO)[C@H]1Oc2c(O)ccc3c2C12CCNC(C3)C2. The highest BCUT2D eigenvalue weighted by Crippen LogP contribution is 2.56. The minimum absolute atomic E-state index is 0.0225. The molecule has 0 aromatic heterocycles. The maximum Gasteiger partial charge on any atom is 0.175 e. The Morgan fingerprint density at radius 3 is 3.00 bits per heavy atom. The van der Waals surface area contributed by atoms with Crippen LogP contribution in [-0.4, -0.2) is 41.3 Å². The molecule has 6 heteroatoms. The van der Waals surface area contributed by atoms with Gasteiger partial charge in [-0.3, -0.25) is 4.79 Å². The maximum absolute atomic E-state index is 12.6. The topological polar surface area (TPSA) is 90.8 Å². The molecule has 0 saturated carbocycles. The number of carbonyl (C=O) groups excluding carboxylic acids is 1. The van der Waals surface area contributed by atoms with Gasteiger partial charge in [-0.05, 0) is 37.4 Å². The molecule has 1 aromatic rings. The molecule has 1 aromatic carbocycles. The molecule has 24 heavy (non-hydrogen) atoms. The zero-order valence-electron chi connectivity index (χ0n) is 14.3. The van der Waals surface area contributed by atoms with E-state index in [0.717, 1.165) is 31.4 Å². The van der Waals surface area contributed by atoms with E-state index >= 15 is 0 Å². The van der Waals surface area contributed by atoms with Crippen LogP contribution in [0.5, 0.6) is 11.5 Å². The van der Waals surface area contributed by atoms with E-state index < -0.39 is 6.10 Å². The first kappa shape index (κ1) is 17.2. The fourth-order valence-corrected chi connectivity index (χ4v) is 4.48. The second-order valence-electron chi connectivity index (χ2n) is 6.54. The van der Waals surface area contributed by atoms with Crippen molar-refractivity contribution in [3.8, 4) is 11.5 Å². The van der Waals surface area contributed by atoms with E-state index in [4.69, 9.17) is 9.94 Å². The summed E-state index contributed by atoms with van der Waals surface area (Å²) in [6.45, 7) is 5.07. The summed E-state index contributed by atoms with van der Waals surface area (Å²) in [5.74, 6) is 0.587. The molecule has 0 amide bonds. The molecule has 2 aliphatic heterocycles. The van der Waals surface area contributed by atoms with Crippen molar-refractivity contribution in [2.45, 2.75) is 57.1 Å². The number of fused-ring (bicyclic) bond motifs is 1. The van der Waals surface area contributed by atoms with Crippen molar-refractivity contribution in [3.63, 3.8) is 0 Å². The molecule has 6 nitrogen and oxygen atoms in total. The smallest absolute Gasteiger partial charge is 0.175 e. The Hall–Kier alpha value is -1.63. The van der Waals surface area contributed by atoms with Gasteiger partial charge >= 0.3 is 0 Å². The number of phenolic OH excluding ortho intramolecular Hbond substituents is 1. The number of benzene rings is 1. The zero-order chi connectivity index (χ0) is 17.3. The highest BCUT2D eigenvalue weighted by atomic mass is 16.5. The van der Waals surface area contributed by atoms with Crippen molar-refractivity contribution >= 4 is 5.78 Å². The van der Waals surface area contributed by atoms with Crippen molar-refractivity contribution in [1.29, 1.82) is 0 Å². The highest BCUT2D eigenvalue weighted by molar-refractivity contribution is 5.87. The summed E-state index contributed by atoms with van der Waals surface area (Å²) in [6, 6.07) is 3.96. The average molecular weight is 334 g/mol. The number of nitrogens with one attached hydrogen (secondary N) is 2. The third kappa shape index (κ3) is 2.49. The number of hydroxylamine groups is 1. The molecule has 132 valence electrons. The highest BCUT2D eigenvalue weighted by Gasteiger charge is 2.57. The van der Waals surface area contributed by atoms with E-state index in [9.17, 15) is 9.90 Å². The maximum atomic E-state index is 12.6. The molecule has 4 N–H and O–H groups in total. The fourth-order valence-electron chi connectivity index (χ4n) is 4.48. The lowest BCUT2D eigenvalue weighted by atomic mass is 9.61. The molecule has 2 heterocycles. The lowest BCUT2D eigenvalue weighted by Gasteiger charge is -2.45. The summed E-state index contributed by atoms with van der Waals surface area (Å²) in [5, 5.41) is 22.4. The zero-order valence-corrected chi connectivity index (χ0v) is 14.3.